The standard InChI is InChI=1S/C22H19F3N6O2/c1-11-5-14-16(31-10-27-7-17(31)20(26)29-14)6-13(11)21(32)30(2)18-9-33-8-15-12(18)3-4-19(28-15)22(23,24)25/h3-7,10,18H,8-9H2,1-2H3,(H2,26,29)/t18-/m0/s1. The molecular formula is C22H19F3N6O2. The average Bonchev–Trinajstić information content (AvgIpc) is 3.27. The predicted octanol–water partition coefficient (Wildman–Crippen LogP) is 3.53. The second-order valence-corrected chi connectivity index (χ2v) is 7.98. The van der Waals surface area contributed by atoms with Crippen molar-refractivity contribution in [3.8, 4) is 0 Å². The highest BCUT2D eigenvalue weighted by Gasteiger charge is 2.36. The summed E-state index contributed by atoms with van der Waals surface area (Å²) in [5, 5.41) is 0. The number of ether oxygens (including phenoxy) is 1. The summed E-state index contributed by atoms with van der Waals surface area (Å²) < 4.78 is 46.4. The summed E-state index contributed by atoms with van der Waals surface area (Å²) in [5.41, 5.74) is 8.75. The van der Waals surface area contributed by atoms with Crippen molar-refractivity contribution in [3.63, 3.8) is 0 Å². The van der Waals surface area contributed by atoms with E-state index in [4.69, 9.17) is 10.5 Å². The molecule has 4 aromatic rings. The normalized spacial score (nSPS) is 16.2. The van der Waals surface area contributed by atoms with Crippen molar-refractivity contribution in [1.29, 1.82) is 0 Å². The Kier molecular flexibility index (Phi) is 4.74. The van der Waals surface area contributed by atoms with Crippen LogP contribution in [0.5, 0.6) is 0 Å². The number of nitrogen functional groups attached to an aromatic ring is 1. The molecule has 1 aromatic carbocycles. The third-order valence-electron chi connectivity index (χ3n) is 5.91. The number of carbonyl (C=O) groups is 1. The molecule has 8 nitrogen and oxygen atoms in total. The summed E-state index contributed by atoms with van der Waals surface area (Å²) in [7, 11) is 1.60. The molecule has 1 atom stereocenters. The number of hydrogen-bond acceptors (Lipinski definition) is 6. The molecule has 170 valence electrons. The fourth-order valence-corrected chi connectivity index (χ4v) is 4.16. The SMILES string of the molecule is Cc1cc2nc(N)c3cncn3c2cc1C(=O)N(C)[C@H]1COCc2nc(C(F)(F)F)ccc21. The largest absolute Gasteiger partial charge is 0.433 e. The van der Waals surface area contributed by atoms with Gasteiger partial charge in [-0.25, -0.2) is 15.0 Å². The summed E-state index contributed by atoms with van der Waals surface area (Å²) in [4.78, 5) is 27.2. The van der Waals surface area contributed by atoms with Gasteiger partial charge < -0.3 is 15.4 Å². The average molecular weight is 456 g/mol. The number of nitrogens with two attached hydrogens (primary N) is 1. The first-order valence-corrected chi connectivity index (χ1v) is 10.1. The molecule has 5 rings (SSSR count). The Hall–Kier alpha value is -3.73. The van der Waals surface area contributed by atoms with Gasteiger partial charge in [0, 0.05) is 18.2 Å². The highest BCUT2D eigenvalue weighted by molar-refractivity contribution is 5.99. The molecule has 0 radical (unpaired) electrons. The third kappa shape index (κ3) is 3.44. The van der Waals surface area contributed by atoms with Crippen molar-refractivity contribution in [3.05, 3.63) is 64.9 Å². The first kappa shape index (κ1) is 21.1. The minimum atomic E-state index is -4.55. The number of alkyl halides is 3. The molecule has 0 saturated heterocycles. The van der Waals surface area contributed by atoms with Gasteiger partial charge in [-0.05, 0) is 30.7 Å². The number of anilines is 1. The lowest BCUT2D eigenvalue weighted by Crippen LogP contribution is -2.37. The maximum Gasteiger partial charge on any atom is 0.433 e. The van der Waals surface area contributed by atoms with E-state index >= 15 is 0 Å². The van der Waals surface area contributed by atoms with Crippen LogP contribution in [0.15, 0.2) is 36.8 Å². The fourth-order valence-electron chi connectivity index (χ4n) is 4.16. The molecule has 1 amide bonds. The number of imidazole rings is 1. The van der Waals surface area contributed by atoms with Gasteiger partial charge in [-0.3, -0.25) is 9.20 Å². The molecule has 0 unspecified atom stereocenters. The second-order valence-electron chi connectivity index (χ2n) is 7.98. The fraction of sp³-hybridized carbons (Fsp3) is 0.273. The minimum absolute atomic E-state index is 0.0432. The van der Waals surface area contributed by atoms with Gasteiger partial charge in [0.1, 0.15) is 17.0 Å². The van der Waals surface area contributed by atoms with Crippen molar-refractivity contribution in [2.75, 3.05) is 19.4 Å². The van der Waals surface area contributed by atoms with E-state index in [9.17, 15) is 18.0 Å². The molecule has 33 heavy (non-hydrogen) atoms. The molecule has 11 heteroatoms. The molecule has 0 aliphatic carbocycles. The number of aryl methyl sites for hydroxylation is 1. The van der Waals surface area contributed by atoms with Crippen LogP contribution in [0, 0.1) is 6.92 Å². The Morgan fingerprint density at radius 1 is 1.24 bits per heavy atom. The Morgan fingerprint density at radius 3 is 2.79 bits per heavy atom. The Bertz CT molecular complexity index is 1420. The second kappa shape index (κ2) is 7.41. The van der Waals surface area contributed by atoms with Crippen molar-refractivity contribution in [2.45, 2.75) is 25.7 Å². The zero-order chi connectivity index (χ0) is 23.5. The minimum Gasteiger partial charge on any atom is -0.382 e. The van der Waals surface area contributed by atoms with Crippen LogP contribution in [-0.2, 0) is 17.5 Å². The van der Waals surface area contributed by atoms with E-state index in [-0.39, 0.29) is 24.8 Å². The van der Waals surface area contributed by atoms with Crippen LogP contribution < -0.4 is 5.73 Å². The summed E-state index contributed by atoms with van der Waals surface area (Å²) in [6.45, 7) is 1.90. The molecule has 1 aliphatic rings. The van der Waals surface area contributed by atoms with Gasteiger partial charge in [0.05, 0.1) is 48.5 Å². The van der Waals surface area contributed by atoms with Gasteiger partial charge in [0.15, 0.2) is 0 Å². The zero-order valence-electron chi connectivity index (χ0n) is 17.7. The number of nitrogens with zero attached hydrogens (tertiary/aromatic N) is 5. The quantitative estimate of drug-likeness (QED) is 0.496. The molecule has 0 spiro atoms. The number of carbonyl (C=O) groups excluding carboxylic acids is 1. The van der Waals surface area contributed by atoms with E-state index in [1.165, 1.54) is 11.0 Å². The molecule has 0 saturated carbocycles. The first-order chi connectivity index (χ1) is 15.6. The number of halogens is 3. The molecule has 0 fully saturated rings. The van der Waals surface area contributed by atoms with Gasteiger partial charge in [-0.2, -0.15) is 13.2 Å². The number of fused-ring (bicyclic) bond motifs is 4. The van der Waals surface area contributed by atoms with Crippen LogP contribution in [-0.4, -0.2) is 43.8 Å². The lowest BCUT2D eigenvalue weighted by Gasteiger charge is -2.33. The summed E-state index contributed by atoms with van der Waals surface area (Å²) in [6, 6.07) is 5.22. The smallest absolute Gasteiger partial charge is 0.382 e. The lowest BCUT2D eigenvalue weighted by molar-refractivity contribution is -0.141. The summed E-state index contributed by atoms with van der Waals surface area (Å²) >= 11 is 0. The van der Waals surface area contributed by atoms with Crippen molar-refractivity contribution < 1.29 is 22.7 Å². The Labute approximate surface area is 185 Å². The third-order valence-corrected chi connectivity index (χ3v) is 5.91. The van der Waals surface area contributed by atoms with E-state index in [1.807, 2.05) is 0 Å². The number of amides is 1. The summed E-state index contributed by atoms with van der Waals surface area (Å²) in [6.07, 6.45) is -1.37. The molecule has 3 aromatic heterocycles. The predicted molar refractivity (Wildman–Crippen MR) is 113 cm³/mol. The number of pyridine rings is 1. The first-order valence-electron chi connectivity index (χ1n) is 10.1. The molecule has 4 heterocycles. The topological polar surface area (TPSA) is 98.6 Å². The molecular weight excluding hydrogens is 437 g/mol. The van der Waals surface area contributed by atoms with Crippen molar-refractivity contribution >= 4 is 28.3 Å². The maximum atomic E-state index is 13.5. The van der Waals surface area contributed by atoms with Crippen LogP contribution >= 0.6 is 0 Å². The molecule has 2 N–H and O–H groups in total. The van der Waals surface area contributed by atoms with Crippen LogP contribution in [0.2, 0.25) is 0 Å². The number of hydrogen-bond donors (Lipinski definition) is 1. The van der Waals surface area contributed by atoms with Crippen molar-refractivity contribution in [1.82, 2.24) is 24.3 Å². The highest BCUT2D eigenvalue weighted by Crippen LogP contribution is 2.34. The van der Waals surface area contributed by atoms with E-state index in [1.54, 1.807) is 43.0 Å². The van der Waals surface area contributed by atoms with Gasteiger partial charge in [0.2, 0.25) is 0 Å². The molecule has 1 aliphatic heterocycles. The van der Waals surface area contributed by atoms with Gasteiger partial charge in [-0.1, -0.05) is 6.07 Å². The van der Waals surface area contributed by atoms with Crippen LogP contribution in [0.4, 0.5) is 19.0 Å². The van der Waals surface area contributed by atoms with Gasteiger partial charge in [0.25, 0.3) is 5.91 Å². The van der Waals surface area contributed by atoms with Crippen LogP contribution in [0.1, 0.15) is 38.9 Å². The highest BCUT2D eigenvalue weighted by atomic mass is 19.4. The van der Waals surface area contributed by atoms with Crippen LogP contribution in [0.3, 0.4) is 0 Å². The maximum absolute atomic E-state index is 13.5. The number of benzene rings is 1. The van der Waals surface area contributed by atoms with E-state index in [0.29, 0.717) is 39.1 Å². The van der Waals surface area contributed by atoms with Crippen LogP contribution in [0.25, 0.3) is 16.6 Å². The summed E-state index contributed by atoms with van der Waals surface area (Å²) in [5.74, 6) is 0.0260. The van der Waals surface area contributed by atoms with Gasteiger partial charge >= 0.3 is 6.18 Å². The van der Waals surface area contributed by atoms with E-state index < -0.39 is 17.9 Å². The van der Waals surface area contributed by atoms with Crippen molar-refractivity contribution in [2.24, 2.45) is 0 Å². The Balaban J connectivity index is 1.54. The number of aromatic nitrogens is 4. The van der Waals surface area contributed by atoms with Gasteiger partial charge in [-0.15, -0.1) is 0 Å². The lowest BCUT2D eigenvalue weighted by atomic mass is 9.99. The zero-order valence-corrected chi connectivity index (χ0v) is 17.7. The number of rotatable bonds is 2. The number of likely N-dealkylation sites (N-methyl/N-ethyl adjacent to an activating group) is 1. The molecule has 0 bridgehead atoms. The van der Waals surface area contributed by atoms with E-state index in [2.05, 4.69) is 15.0 Å². The monoisotopic (exact) mass is 456 g/mol. The Morgan fingerprint density at radius 2 is 2.03 bits per heavy atom. The van der Waals surface area contributed by atoms with E-state index in [0.717, 1.165) is 6.07 Å².